The van der Waals surface area contributed by atoms with Crippen LogP contribution in [0.25, 0.3) is 0 Å². The van der Waals surface area contributed by atoms with Gasteiger partial charge in [-0.1, -0.05) is 108 Å². The molecule has 2 aromatic carbocycles. The van der Waals surface area contributed by atoms with Crippen LogP contribution < -0.4 is 4.74 Å². The van der Waals surface area contributed by atoms with E-state index in [4.69, 9.17) is 4.74 Å². The Morgan fingerprint density at radius 2 is 1.23 bits per heavy atom. The summed E-state index contributed by atoms with van der Waals surface area (Å²) < 4.78 is 5.83. The summed E-state index contributed by atoms with van der Waals surface area (Å²) in [6.07, 6.45) is 18.6. The van der Waals surface area contributed by atoms with Crippen molar-refractivity contribution in [3.8, 4) is 5.75 Å². The van der Waals surface area contributed by atoms with E-state index in [2.05, 4.69) is 36.2 Å². The van der Waals surface area contributed by atoms with Crippen molar-refractivity contribution in [3.63, 3.8) is 0 Å². The van der Waals surface area contributed by atoms with Crippen LogP contribution in [0.1, 0.15) is 95.1 Å². The lowest BCUT2D eigenvalue weighted by atomic mass is 10.1. The second-order valence-electron chi connectivity index (χ2n) is 8.27. The van der Waals surface area contributed by atoms with Gasteiger partial charge in [-0.3, -0.25) is 4.99 Å². The molecule has 0 aliphatic rings. The Bertz CT molecular complexity index is 663. The van der Waals surface area contributed by atoms with Gasteiger partial charge in [0.25, 0.3) is 0 Å². The smallest absolute Gasteiger partial charge is 0.119 e. The molecule has 2 heteroatoms. The van der Waals surface area contributed by atoms with E-state index in [1.54, 1.807) is 0 Å². The molecule has 0 atom stereocenters. The first kappa shape index (κ1) is 24.2. The molecule has 0 saturated carbocycles. The van der Waals surface area contributed by atoms with Crippen molar-refractivity contribution in [2.45, 2.75) is 90.6 Å². The number of ether oxygens (including phenoxy) is 1. The molecular weight excluding hydrogens is 366 g/mol. The van der Waals surface area contributed by atoms with Crippen LogP contribution in [0.5, 0.6) is 5.75 Å². The number of aliphatic imine (C=N–C) groups is 1. The Labute approximate surface area is 184 Å². The Morgan fingerprint density at radius 1 is 0.667 bits per heavy atom. The normalized spacial score (nSPS) is 11.2. The zero-order valence-electron chi connectivity index (χ0n) is 19.0. The molecule has 0 aromatic heterocycles. The summed E-state index contributed by atoms with van der Waals surface area (Å²) in [5, 5.41) is 0. The number of nitrogens with zero attached hydrogens (tertiary/aromatic N) is 1. The first-order valence-electron chi connectivity index (χ1n) is 12.1. The van der Waals surface area contributed by atoms with Crippen LogP contribution in [-0.4, -0.2) is 12.8 Å². The third kappa shape index (κ3) is 11.8. The molecule has 0 amide bonds. The Morgan fingerprint density at radius 3 is 1.83 bits per heavy atom. The van der Waals surface area contributed by atoms with Gasteiger partial charge in [-0.2, -0.15) is 0 Å². The largest absolute Gasteiger partial charge is 0.489 e. The summed E-state index contributed by atoms with van der Waals surface area (Å²) in [5.74, 6) is 0.900. The fraction of sp³-hybridized carbons (Fsp3) is 0.536. The summed E-state index contributed by atoms with van der Waals surface area (Å²) in [4.78, 5) is 4.58. The number of hydrogen-bond acceptors (Lipinski definition) is 2. The lowest BCUT2D eigenvalue weighted by Crippen LogP contribution is -1.95. The summed E-state index contributed by atoms with van der Waals surface area (Å²) in [6, 6.07) is 18.5. The highest BCUT2D eigenvalue weighted by Crippen LogP contribution is 2.14. The SMILES string of the molecule is CCCCCCCCCCCCCCN=Cc1ccc(OCc2ccccc2)cc1. The Balaban J connectivity index is 1.45. The zero-order valence-corrected chi connectivity index (χ0v) is 19.0. The van der Waals surface area contributed by atoms with Gasteiger partial charge in [0.1, 0.15) is 12.4 Å². The van der Waals surface area contributed by atoms with Gasteiger partial charge >= 0.3 is 0 Å². The maximum absolute atomic E-state index is 5.83. The molecule has 0 N–H and O–H groups in total. The number of benzene rings is 2. The molecule has 2 aromatic rings. The van der Waals surface area contributed by atoms with Gasteiger partial charge in [-0.25, -0.2) is 0 Å². The van der Waals surface area contributed by atoms with Gasteiger partial charge in [0.15, 0.2) is 0 Å². The molecule has 0 aliphatic heterocycles. The van der Waals surface area contributed by atoms with Crippen molar-refractivity contribution in [1.29, 1.82) is 0 Å². The molecule has 30 heavy (non-hydrogen) atoms. The highest BCUT2D eigenvalue weighted by Gasteiger charge is 1.96. The Hall–Kier alpha value is -2.09. The Kier molecular flexibility index (Phi) is 13.4. The number of hydrogen-bond donors (Lipinski definition) is 0. The van der Waals surface area contributed by atoms with E-state index in [1.807, 2.05) is 36.5 Å². The molecule has 0 saturated heterocycles. The predicted octanol–water partition coefficient (Wildman–Crippen LogP) is 8.39. The minimum atomic E-state index is 0.604. The topological polar surface area (TPSA) is 21.6 Å². The zero-order chi connectivity index (χ0) is 21.1. The van der Waals surface area contributed by atoms with Gasteiger partial charge in [-0.05, 0) is 41.8 Å². The van der Waals surface area contributed by atoms with Crippen molar-refractivity contribution in [2.24, 2.45) is 4.99 Å². The summed E-state index contributed by atoms with van der Waals surface area (Å²) in [6.45, 7) is 3.82. The van der Waals surface area contributed by atoms with Crippen LogP contribution >= 0.6 is 0 Å². The van der Waals surface area contributed by atoms with Crippen LogP contribution in [0.4, 0.5) is 0 Å². The maximum atomic E-state index is 5.83. The summed E-state index contributed by atoms with van der Waals surface area (Å²) in [5.41, 5.74) is 2.33. The van der Waals surface area contributed by atoms with E-state index in [0.29, 0.717) is 6.61 Å². The van der Waals surface area contributed by atoms with Crippen molar-refractivity contribution in [1.82, 2.24) is 0 Å². The standard InChI is InChI=1S/C28H41NO/c1-2-3-4-5-6-7-8-9-10-11-12-16-23-29-24-26-19-21-28(22-20-26)30-25-27-17-14-13-15-18-27/h13-15,17-22,24H,2-12,16,23,25H2,1H3. The van der Waals surface area contributed by atoms with Crippen LogP contribution in [-0.2, 0) is 6.61 Å². The first-order chi connectivity index (χ1) is 14.9. The second-order valence-corrected chi connectivity index (χ2v) is 8.27. The van der Waals surface area contributed by atoms with Gasteiger partial charge in [0.05, 0.1) is 0 Å². The molecule has 2 nitrogen and oxygen atoms in total. The number of rotatable bonds is 17. The summed E-state index contributed by atoms with van der Waals surface area (Å²) in [7, 11) is 0. The first-order valence-corrected chi connectivity index (χ1v) is 12.1. The molecule has 0 heterocycles. The highest BCUT2D eigenvalue weighted by atomic mass is 16.5. The monoisotopic (exact) mass is 407 g/mol. The molecule has 0 unspecified atom stereocenters. The van der Waals surface area contributed by atoms with Gasteiger partial charge in [0.2, 0.25) is 0 Å². The molecule has 0 spiro atoms. The van der Waals surface area contributed by atoms with Crippen molar-refractivity contribution < 1.29 is 4.74 Å². The van der Waals surface area contributed by atoms with Gasteiger partial charge in [-0.15, -0.1) is 0 Å². The highest BCUT2D eigenvalue weighted by molar-refractivity contribution is 5.79. The van der Waals surface area contributed by atoms with E-state index in [0.717, 1.165) is 17.9 Å². The minimum absolute atomic E-state index is 0.604. The van der Waals surface area contributed by atoms with Crippen LogP contribution in [0, 0.1) is 0 Å². The molecule has 2 rings (SSSR count). The molecule has 0 bridgehead atoms. The fourth-order valence-electron chi connectivity index (χ4n) is 3.61. The lowest BCUT2D eigenvalue weighted by Gasteiger charge is -2.06. The van der Waals surface area contributed by atoms with Crippen LogP contribution in [0.15, 0.2) is 59.6 Å². The van der Waals surface area contributed by atoms with E-state index >= 15 is 0 Å². The van der Waals surface area contributed by atoms with E-state index in [1.165, 1.54) is 82.6 Å². The van der Waals surface area contributed by atoms with Crippen molar-refractivity contribution in [2.75, 3.05) is 6.54 Å². The quantitative estimate of drug-likeness (QED) is 0.190. The lowest BCUT2D eigenvalue weighted by molar-refractivity contribution is 0.306. The molecule has 164 valence electrons. The molecule has 0 aliphatic carbocycles. The second kappa shape index (κ2) is 16.7. The van der Waals surface area contributed by atoms with Crippen molar-refractivity contribution >= 4 is 6.21 Å². The van der Waals surface area contributed by atoms with Gasteiger partial charge < -0.3 is 4.74 Å². The average molecular weight is 408 g/mol. The maximum Gasteiger partial charge on any atom is 0.119 e. The van der Waals surface area contributed by atoms with E-state index in [9.17, 15) is 0 Å². The molecular formula is C28H41NO. The number of unbranched alkanes of at least 4 members (excludes halogenated alkanes) is 11. The van der Waals surface area contributed by atoms with E-state index < -0.39 is 0 Å². The van der Waals surface area contributed by atoms with Crippen LogP contribution in [0.3, 0.4) is 0 Å². The summed E-state index contributed by atoms with van der Waals surface area (Å²) >= 11 is 0. The van der Waals surface area contributed by atoms with Crippen LogP contribution in [0.2, 0.25) is 0 Å². The average Bonchev–Trinajstić information content (AvgIpc) is 2.79. The van der Waals surface area contributed by atoms with E-state index in [-0.39, 0.29) is 0 Å². The molecule has 0 fully saturated rings. The third-order valence-corrected chi connectivity index (χ3v) is 5.51. The van der Waals surface area contributed by atoms with Crippen molar-refractivity contribution in [3.05, 3.63) is 65.7 Å². The third-order valence-electron chi connectivity index (χ3n) is 5.51. The molecule has 0 radical (unpaired) electrons. The predicted molar refractivity (Wildman–Crippen MR) is 131 cm³/mol. The fourth-order valence-corrected chi connectivity index (χ4v) is 3.61. The minimum Gasteiger partial charge on any atom is -0.489 e. The van der Waals surface area contributed by atoms with Gasteiger partial charge in [0, 0.05) is 12.8 Å².